The molecule has 2 aromatic rings. The van der Waals surface area contributed by atoms with Gasteiger partial charge in [0, 0.05) is 23.0 Å². The molecule has 21 heavy (non-hydrogen) atoms. The van der Waals surface area contributed by atoms with Gasteiger partial charge in [0.05, 0.1) is 12.7 Å². The van der Waals surface area contributed by atoms with Crippen molar-refractivity contribution in [2.24, 2.45) is 5.73 Å². The Kier molecular flexibility index (Phi) is 3.49. The Morgan fingerprint density at radius 2 is 2.05 bits per heavy atom. The van der Waals surface area contributed by atoms with Crippen LogP contribution in [0.1, 0.15) is 37.0 Å². The Hall–Kier alpha value is -1.81. The number of fused-ring (bicyclic) bond motifs is 2. The highest BCUT2D eigenvalue weighted by Crippen LogP contribution is 2.30. The van der Waals surface area contributed by atoms with Crippen LogP contribution in [0.2, 0.25) is 0 Å². The minimum absolute atomic E-state index is 0.0198. The highest BCUT2D eigenvalue weighted by Gasteiger charge is 2.20. The fourth-order valence-corrected chi connectivity index (χ4v) is 2.93. The van der Waals surface area contributed by atoms with Crippen molar-refractivity contribution in [2.75, 3.05) is 6.54 Å². The number of hydrogen-bond acceptors (Lipinski definition) is 3. The van der Waals surface area contributed by atoms with Crippen molar-refractivity contribution in [1.82, 2.24) is 5.32 Å². The maximum Gasteiger partial charge on any atom is 0.225 e. The van der Waals surface area contributed by atoms with Gasteiger partial charge in [0.2, 0.25) is 5.91 Å². The van der Waals surface area contributed by atoms with E-state index >= 15 is 0 Å². The van der Waals surface area contributed by atoms with Gasteiger partial charge in [-0.25, -0.2) is 0 Å². The summed E-state index contributed by atoms with van der Waals surface area (Å²) in [6.07, 6.45) is 5.50. The molecule has 112 valence electrons. The van der Waals surface area contributed by atoms with Crippen molar-refractivity contribution in [3.05, 3.63) is 35.1 Å². The van der Waals surface area contributed by atoms with E-state index in [9.17, 15) is 4.79 Å². The maximum absolute atomic E-state index is 12.2. The number of hydrogen-bond donors (Lipinski definition) is 2. The van der Waals surface area contributed by atoms with Crippen molar-refractivity contribution in [3.8, 4) is 0 Å². The van der Waals surface area contributed by atoms with Crippen molar-refractivity contribution >= 4 is 16.9 Å². The van der Waals surface area contributed by atoms with E-state index in [4.69, 9.17) is 10.2 Å². The first-order valence-corrected chi connectivity index (χ1v) is 7.51. The zero-order chi connectivity index (χ0) is 15.0. The summed E-state index contributed by atoms with van der Waals surface area (Å²) in [7, 11) is 0. The number of furan rings is 1. The van der Waals surface area contributed by atoms with E-state index in [1.54, 1.807) is 6.26 Å². The quantitative estimate of drug-likeness (QED) is 0.906. The molecule has 1 aromatic carbocycles. The average molecular weight is 286 g/mol. The second-order valence-corrected chi connectivity index (χ2v) is 6.54. The van der Waals surface area contributed by atoms with Gasteiger partial charge >= 0.3 is 0 Å². The van der Waals surface area contributed by atoms with E-state index in [1.807, 2.05) is 13.8 Å². The summed E-state index contributed by atoms with van der Waals surface area (Å²) in [6, 6.07) is 4.32. The molecule has 0 atom stereocenters. The zero-order valence-corrected chi connectivity index (χ0v) is 12.7. The Balaban J connectivity index is 1.83. The molecule has 0 aliphatic heterocycles. The average Bonchev–Trinajstić information content (AvgIpc) is 3.02. The third kappa shape index (κ3) is 2.81. The van der Waals surface area contributed by atoms with Crippen molar-refractivity contribution in [3.63, 3.8) is 0 Å². The Bertz CT molecular complexity index is 685. The van der Waals surface area contributed by atoms with E-state index in [2.05, 4.69) is 17.4 Å². The van der Waals surface area contributed by atoms with Crippen molar-refractivity contribution in [1.29, 1.82) is 0 Å². The van der Waals surface area contributed by atoms with Crippen LogP contribution < -0.4 is 11.1 Å². The number of nitrogens with one attached hydrogen (secondary N) is 1. The summed E-state index contributed by atoms with van der Waals surface area (Å²) in [5.74, 6) is -0.0198. The molecular weight excluding hydrogens is 264 g/mol. The van der Waals surface area contributed by atoms with Crippen LogP contribution in [0.5, 0.6) is 0 Å². The molecule has 0 bridgehead atoms. The first-order chi connectivity index (χ1) is 9.98. The van der Waals surface area contributed by atoms with Crippen LogP contribution in [0.15, 0.2) is 22.8 Å². The zero-order valence-electron chi connectivity index (χ0n) is 12.7. The fraction of sp³-hybridized carbons (Fsp3) is 0.471. The number of rotatable bonds is 4. The van der Waals surface area contributed by atoms with Crippen LogP contribution in [0.4, 0.5) is 0 Å². The number of benzene rings is 1. The van der Waals surface area contributed by atoms with Crippen LogP contribution in [0.25, 0.3) is 11.0 Å². The second kappa shape index (κ2) is 5.19. The van der Waals surface area contributed by atoms with Crippen LogP contribution in [0.3, 0.4) is 0 Å². The normalized spacial score (nSPS) is 14.4. The van der Waals surface area contributed by atoms with E-state index < -0.39 is 0 Å². The van der Waals surface area contributed by atoms with E-state index in [0.717, 1.165) is 29.4 Å². The molecule has 1 amide bonds. The van der Waals surface area contributed by atoms with Gasteiger partial charge in [-0.3, -0.25) is 4.79 Å². The number of carbonyl (C=O) groups is 1. The van der Waals surface area contributed by atoms with E-state index in [1.165, 1.54) is 17.5 Å². The smallest absolute Gasteiger partial charge is 0.225 e. The second-order valence-electron chi connectivity index (χ2n) is 6.54. The molecule has 4 nitrogen and oxygen atoms in total. The van der Waals surface area contributed by atoms with Gasteiger partial charge in [0.25, 0.3) is 0 Å². The molecule has 0 radical (unpaired) electrons. The molecule has 1 heterocycles. The molecule has 3 N–H and O–H groups in total. The van der Waals surface area contributed by atoms with Gasteiger partial charge in [-0.05, 0) is 56.4 Å². The Morgan fingerprint density at radius 1 is 1.33 bits per heavy atom. The maximum atomic E-state index is 12.2. The molecule has 1 aromatic heterocycles. The molecule has 1 aliphatic rings. The lowest BCUT2D eigenvalue weighted by Crippen LogP contribution is -2.49. The summed E-state index contributed by atoms with van der Waals surface area (Å²) in [5, 5.41) is 4.02. The van der Waals surface area contributed by atoms with Gasteiger partial charge in [0.1, 0.15) is 5.58 Å². The molecule has 0 fully saturated rings. The summed E-state index contributed by atoms with van der Waals surface area (Å²) < 4.78 is 5.63. The topological polar surface area (TPSA) is 68.3 Å². The van der Waals surface area contributed by atoms with Crippen LogP contribution in [0, 0.1) is 0 Å². The summed E-state index contributed by atoms with van der Waals surface area (Å²) in [4.78, 5) is 12.2. The van der Waals surface area contributed by atoms with Gasteiger partial charge in [-0.2, -0.15) is 0 Å². The predicted octanol–water partition coefficient (Wildman–Crippen LogP) is 2.32. The number of amides is 1. The van der Waals surface area contributed by atoms with E-state index in [0.29, 0.717) is 13.0 Å². The van der Waals surface area contributed by atoms with Gasteiger partial charge in [-0.15, -0.1) is 0 Å². The highest BCUT2D eigenvalue weighted by molar-refractivity contribution is 5.88. The highest BCUT2D eigenvalue weighted by atomic mass is 16.3. The molecular formula is C17H22N2O2. The van der Waals surface area contributed by atoms with Crippen molar-refractivity contribution < 1.29 is 9.21 Å². The minimum atomic E-state index is -0.377. The molecule has 0 saturated carbocycles. The SMILES string of the molecule is CC(C)(CN)NC(=O)Cc1coc2cc3c(cc12)CCC3. The number of carbonyl (C=O) groups excluding carboxylic acids is 1. The lowest BCUT2D eigenvalue weighted by Gasteiger charge is -2.24. The third-order valence-corrected chi connectivity index (χ3v) is 4.21. The lowest BCUT2D eigenvalue weighted by atomic mass is 10.0. The fourth-order valence-electron chi connectivity index (χ4n) is 2.93. The molecule has 0 unspecified atom stereocenters. The number of aryl methyl sites for hydroxylation is 2. The lowest BCUT2D eigenvalue weighted by molar-refractivity contribution is -0.121. The molecule has 4 heteroatoms. The number of nitrogens with two attached hydrogens (primary N) is 1. The Labute approximate surface area is 124 Å². The molecule has 1 aliphatic carbocycles. The van der Waals surface area contributed by atoms with Crippen molar-refractivity contribution in [2.45, 2.75) is 45.1 Å². The first kappa shape index (κ1) is 14.1. The third-order valence-electron chi connectivity index (χ3n) is 4.21. The minimum Gasteiger partial charge on any atom is -0.464 e. The molecule has 3 rings (SSSR count). The van der Waals surface area contributed by atoms with Crippen LogP contribution in [-0.4, -0.2) is 18.0 Å². The monoisotopic (exact) mass is 286 g/mol. The van der Waals surface area contributed by atoms with Crippen LogP contribution in [-0.2, 0) is 24.1 Å². The Morgan fingerprint density at radius 3 is 2.76 bits per heavy atom. The molecule has 0 spiro atoms. The summed E-state index contributed by atoms with van der Waals surface area (Å²) in [6.45, 7) is 4.26. The largest absolute Gasteiger partial charge is 0.464 e. The first-order valence-electron chi connectivity index (χ1n) is 7.51. The summed E-state index contributed by atoms with van der Waals surface area (Å²) in [5.41, 5.74) is 9.89. The van der Waals surface area contributed by atoms with Crippen LogP contribution >= 0.6 is 0 Å². The summed E-state index contributed by atoms with van der Waals surface area (Å²) >= 11 is 0. The van der Waals surface area contributed by atoms with Gasteiger partial charge in [-0.1, -0.05) is 0 Å². The molecule has 0 saturated heterocycles. The standard InChI is InChI=1S/C17H22N2O2/c1-17(2,10-18)19-16(20)8-13-9-21-15-7-12-5-3-4-11(12)6-14(13)15/h6-7,9H,3-5,8,10,18H2,1-2H3,(H,19,20). The predicted molar refractivity (Wildman–Crippen MR) is 83.2 cm³/mol. The van der Waals surface area contributed by atoms with E-state index in [-0.39, 0.29) is 11.4 Å². The van der Waals surface area contributed by atoms with Gasteiger partial charge in [0.15, 0.2) is 0 Å². The van der Waals surface area contributed by atoms with Gasteiger partial charge < -0.3 is 15.5 Å².